The first-order chi connectivity index (χ1) is 11.0. The number of hydrogen-bond donors (Lipinski definition) is 2. The Kier molecular flexibility index (Phi) is 8.55. The maximum atomic E-state index is 5.89. The van der Waals surface area contributed by atoms with Crippen molar-refractivity contribution in [1.82, 2.24) is 20.4 Å². The van der Waals surface area contributed by atoms with Gasteiger partial charge in [0.25, 0.3) is 0 Å². The molecule has 0 fully saturated rings. The van der Waals surface area contributed by atoms with Crippen LogP contribution in [0.4, 0.5) is 0 Å². The third-order valence-corrected chi connectivity index (χ3v) is 4.18. The lowest BCUT2D eigenvalue weighted by Gasteiger charge is -2.12. The van der Waals surface area contributed by atoms with Gasteiger partial charge in [0, 0.05) is 37.9 Å². The number of benzene rings is 1. The zero-order chi connectivity index (χ0) is 16.8. The average Bonchev–Trinajstić information content (AvgIpc) is 2.78. The molecule has 1 aromatic heterocycles. The molecule has 0 amide bonds. The minimum absolute atomic E-state index is 0. The SMILES string of the molecule is CN=C(NCCc1c(C)nn(C)c1C)NCc1ccc(Cl)cc1.I. The zero-order valence-corrected chi connectivity index (χ0v) is 17.6. The van der Waals surface area contributed by atoms with E-state index < -0.39 is 0 Å². The fourth-order valence-corrected chi connectivity index (χ4v) is 2.62. The molecule has 24 heavy (non-hydrogen) atoms. The van der Waals surface area contributed by atoms with E-state index in [0.29, 0.717) is 6.54 Å². The number of rotatable bonds is 5. The van der Waals surface area contributed by atoms with E-state index in [9.17, 15) is 0 Å². The number of aromatic nitrogens is 2. The van der Waals surface area contributed by atoms with Crippen LogP contribution in [0.2, 0.25) is 5.02 Å². The number of hydrogen-bond acceptors (Lipinski definition) is 2. The van der Waals surface area contributed by atoms with Crippen molar-refractivity contribution in [2.45, 2.75) is 26.8 Å². The second-order valence-electron chi connectivity index (χ2n) is 5.50. The predicted octanol–water partition coefficient (Wildman–Crippen LogP) is 3.22. The maximum Gasteiger partial charge on any atom is 0.191 e. The van der Waals surface area contributed by atoms with Gasteiger partial charge >= 0.3 is 0 Å². The van der Waals surface area contributed by atoms with Gasteiger partial charge in [-0.1, -0.05) is 23.7 Å². The Bertz CT molecular complexity index is 679. The second-order valence-corrected chi connectivity index (χ2v) is 5.94. The van der Waals surface area contributed by atoms with Crippen molar-refractivity contribution >= 4 is 41.5 Å². The molecule has 0 radical (unpaired) electrons. The highest BCUT2D eigenvalue weighted by atomic mass is 127. The third-order valence-electron chi connectivity index (χ3n) is 3.92. The first-order valence-electron chi connectivity index (χ1n) is 7.69. The summed E-state index contributed by atoms with van der Waals surface area (Å²) in [7, 11) is 3.75. The minimum Gasteiger partial charge on any atom is -0.356 e. The summed E-state index contributed by atoms with van der Waals surface area (Å²) in [5.74, 6) is 0.791. The van der Waals surface area contributed by atoms with Gasteiger partial charge in [-0.3, -0.25) is 9.67 Å². The Balaban J connectivity index is 0.00000288. The quantitative estimate of drug-likeness (QED) is 0.408. The van der Waals surface area contributed by atoms with Crippen LogP contribution in [0.3, 0.4) is 0 Å². The monoisotopic (exact) mass is 461 g/mol. The molecule has 0 aliphatic heterocycles. The van der Waals surface area contributed by atoms with Gasteiger partial charge in [0.05, 0.1) is 5.69 Å². The summed E-state index contributed by atoms with van der Waals surface area (Å²) in [6.07, 6.45) is 0.924. The molecule has 2 aromatic rings. The Labute approximate surface area is 165 Å². The summed E-state index contributed by atoms with van der Waals surface area (Å²) >= 11 is 5.89. The molecule has 7 heteroatoms. The third kappa shape index (κ3) is 5.66. The first kappa shape index (κ1) is 20.8. The second kappa shape index (κ2) is 9.88. The van der Waals surface area contributed by atoms with Crippen LogP contribution >= 0.6 is 35.6 Å². The van der Waals surface area contributed by atoms with Crippen molar-refractivity contribution in [3.05, 3.63) is 51.8 Å². The Hall–Kier alpha value is -1.28. The van der Waals surface area contributed by atoms with Crippen molar-refractivity contribution < 1.29 is 0 Å². The Morgan fingerprint density at radius 2 is 1.88 bits per heavy atom. The van der Waals surface area contributed by atoms with Gasteiger partial charge in [0.15, 0.2) is 5.96 Å². The van der Waals surface area contributed by atoms with Gasteiger partial charge in [-0.25, -0.2) is 0 Å². The van der Waals surface area contributed by atoms with Crippen LogP contribution in [0.15, 0.2) is 29.3 Å². The van der Waals surface area contributed by atoms with Gasteiger partial charge in [0.2, 0.25) is 0 Å². The smallest absolute Gasteiger partial charge is 0.191 e. The van der Waals surface area contributed by atoms with Crippen LogP contribution in [-0.4, -0.2) is 29.3 Å². The maximum absolute atomic E-state index is 5.89. The topological polar surface area (TPSA) is 54.2 Å². The molecule has 0 unspecified atom stereocenters. The molecule has 0 saturated carbocycles. The van der Waals surface area contributed by atoms with Crippen molar-refractivity contribution in [2.24, 2.45) is 12.0 Å². The lowest BCUT2D eigenvalue weighted by Crippen LogP contribution is -2.37. The number of halogens is 2. The van der Waals surface area contributed by atoms with E-state index >= 15 is 0 Å². The van der Waals surface area contributed by atoms with Gasteiger partial charge < -0.3 is 10.6 Å². The molecule has 2 rings (SSSR count). The van der Waals surface area contributed by atoms with Crippen LogP contribution in [0.1, 0.15) is 22.5 Å². The van der Waals surface area contributed by atoms with E-state index in [-0.39, 0.29) is 24.0 Å². The fraction of sp³-hybridized carbons (Fsp3) is 0.412. The van der Waals surface area contributed by atoms with Crippen molar-refractivity contribution in [2.75, 3.05) is 13.6 Å². The summed E-state index contributed by atoms with van der Waals surface area (Å²) in [5.41, 5.74) is 4.77. The van der Waals surface area contributed by atoms with E-state index in [1.165, 1.54) is 11.3 Å². The molecule has 1 heterocycles. The number of aryl methyl sites for hydroxylation is 2. The number of nitrogens with zero attached hydrogens (tertiary/aromatic N) is 3. The molecule has 132 valence electrons. The largest absolute Gasteiger partial charge is 0.356 e. The fourth-order valence-electron chi connectivity index (χ4n) is 2.49. The Morgan fingerprint density at radius 3 is 2.42 bits per heavy atom. The molecule has 0 spiro atoms. The number of guanidine groups is 1. The van der Waals surface area contributed by atoms with Crippen LogP contribution in [0.5, 0.6) is 0 Å². The normalized spacial score (nSPS) is 11.1. The van der Waals surface area contributed by atoms with Crippen LogP contribution < -0.4 is 10.6 Å². The number of aliphatic imine (C=N–C) groups is 1. The molecule has 2 N–H and O–H groups in total. The van der Waals surface area contributed by atoms with Crippen LogP contribution in [-0.2, 0) is 20.0 Å². The highest BCUT2D eigenvalue weighted by Crippen LogP contribution is 2.12. The van der Waals surface area contributed by atoms with Gasteiger partial charge in [-0.05, 0) is 43.5 Å². The molecule has 0 aliphatic rings. The van der Waals surface area contributed by atoms with E-state index in [0.717, 1.165) is 35.2 Å². The first-order valence-corrected chi connectivity index (χ1v) is 8.07. The predicted molar refractivity (Wildman–Crippen MR) is 111 cm³/mol. The van der Waals surface area contributed by atoms with Crippen molar-refractivity contribution in [3.8, 4) is 0 Å². The van der Waals surface area contributed by atoms with Gasteiger partial charge in [0.1, 0.15) is 0 Å². The lowest BCUT2D eigenvalue weighted by atomic mass is 10.1. The van der Waals surface area contributed by atoms with Crippen molar-refractivity contribution in [3.63, 3.8) is 0 Å². The Morgan fingerprint density at radius 1 is 1.21 bits per heavy atom. The molecular weight excluding hydrogens is 437 g/mol. The number of nitrogens with one attached hydrogen (secondary N) is 2. The van der Waals surface area contributed by atoms with Crippen LogP contribution in [0.25, 0.3) is 0 Å². The zero-order valence-electron chi connectivity index (χ0n) is 14.6. The highest BCUT2D eigenvalue weighted by Gasteiger charge is 2.09. The molecule has 0 bridgehead atoms. The van der Waals surface area contributed by atoms with Gasteiger partial charge in [-0.2, -0.15) is 5.10 Å². The van der Waals surface area contributed by atoms with E-state index in [2.05, 4.69) is 34.6 Å². The standard InChI is InChI=1S/C17H24ClN5.HI/c1-12-16(13(2)23(4)22-12)9-10-20-17(19-3)21-11-14-5-7-15(18)8-6-14;/h5-8H,9-11H2,1-4H3,(H2,19,20,21);1H. The van der Waals surface area contributed by atoms with Gasteiger partial charge in [-0.15, -0.1) is 24.0 Å². The summed E-state index contributed by atoms with van der Waals surface area (Å²) in [6, 6.07) is 7.79. The summed E-state index contributed by atoms with van der Waals surface area (Å²) in [6.45, 7) is 5.67. The lowest BCUT2D eigenvalue weighted by molar-refractivity contribution is 0.729. The summed E-state index contributed by atoms with van der Waals surface area (Å²) in [4.78, 5) is 4.25. The molecular formula is C17H25ClIN5. The van der Waals surface area contributed by atoms with E-state index in [1.807, 2.05) is 36.0 Å². The van der Waals surface area contributed by atoms with Crippen LogP contribution in [0, 0.1) is 13.8 Å². The van der Waals surface area contributed by atoms with E-state index in [1.54, 1.807) is 7.05 Å². The highest BCUT2D eigenvalue weighted by molar-refractivity contribution is 14.0. The molecule has 5 nitrogen and oxygen atoms in total. The molecule has 0 atom stereocenters. The minimum atomic E-state index is 0. The summed E-state index contributed by atoms with van der Waals surface area (Å²) in [5, 5.41) is 11.8. The molecule has 1 aromatic carbocycles. The molecule has 0 saturated heterocycles. The molecule has 0 aliphatic carbocycles. The van der Waals surface area contributed by atoms with E-state index in [4.69, 9.17) is 11.6 Å². The summed E-state index contributed by atoms with van der Waals surface area (Å²) < 4.78 is 1.93. The average molecular weight is 462 g/mol. The van der Waals surface area contributed by atoms with Crippen molar-refractivity contribution in [1.29, 1.82) is 0 Å².